The highest BCUT2D eigenvalue weighted by molar-refractivity contribution is 7.21. The zero-order valence-corrected chi connectivity index (χ0v) is 10.7. The van der Waals surface area contributed by atoms with Gasteiger partial charge in [0.05, 0.1) is 11.5 Å². The molecular formula is C12H11NO4S. The van der Waals surface area contributed by atoms with E-state index in [1.165, 1.54) is 23.5 Å². The first kappa shape index (κ1) is 12.5. The Hall–Kier alpha value is -1.95. The first-order valence-corrected chi connectivity index (χ1v) is 6.21. The van der Waals surface area contributed by atoms with E-state index in [1.807, 2.05) is 0 Å². The lowest BCUT2D eigenvalue weighted by Gasteiger charge is -1.99. The summed E-state index contributed by atoms with van der Waals surface area (Å²) in [5.74, 6) is -0.376. The average molecular weight is 265 g/mol. The number of aryl methyl sites for hydroxylation is 1. The van der Waals surface area contributed by atoms with Crippen LogP contribution < -0.4 is 0 Å². The highest BCUT2D eigenvalue weighted by atomic mass is 32.1. The van der Waals surface area contributed by atoms with Crippen molar-refractivity contribution >= 4 is 33.1 Å². The molecule has 0 radical (unpaired) electrons. The van der Waals surface area contributed by atoms with Gasteiger partial charge in [-0.05, 0) is 25.5 Å². The minimum atomic E-state index is -0.444. The second-order valence-electron chi connectivity index (χ2n) is 3.71. The molecule has 0 unspecified atom stereocenters. The van der Waals surface area contributed by atoms with E-state index in [1.54, 1.807) is 19.9 Å². The number of fused-ring (bicyclic) bond motifs is 1. The summed E-state index contributed by atoms with van der Waals surface area (Å²) in [5.41, 5.74) is 0.760. The van der Waals surface area contributed by atoms with E-state index >= 15 is 0 Å². The number of nitro groups is 1. The normalized spacial score (nSPS) is 10.6. The van der Waals surface area contributed by atoms with Crippen molar-refractivity contribution in [1.82, 2.24) is 0 Å². The van der Waals surface area contributed by atoms with Gasteiger partial charge in [0.25, 0.3) is 5.69 Å². The molecule has 0 amide bonds. The summed E-state index contributed by atoms with van der Waals surface area (Å²) in [6.07, 6.45) is 0. The molecule has 94 valence electrons. The van der Waals surface area contributed by atoms with Crippen LogP contribution in [0.15, 0.2) is 18.2 Å². The lowest BCUT2D eigenvalue weighted by Crippen LogP contribution is -2.03. The van der Waals surface area contributed by atoms with Gasteiger partial charge in [-0.3, -0.25) is 10.1 Å². The lowest BCUT2D eigenvalue weighted by molar-refractivity contribution is -0.384. The van der Waals surface area contributed by atoms with Gasteiger partial charge in [0.1, 0.15) is 4.88 Å². The molecule has 0 atom stereocenters. The molecule has 1 heterocycles. The Morgan fingerprint density at radius 3 is 2.83 bits per heavy atom. The van der Waals surface area contributed by atoms with Crippen LogP contribution in [0.25, 0.3) is 10.1 Å². The SMILES string of the molecule is CCOC(=O)c1sc2ccc([N+](=O)[O-])cc2c1C. The molecule has 0 spiro atoms. The van der Waals surface area contributed by atoms with Crippen LogP contribution >= 0.6 is 11.3 Å². The highest BCUT2D eigenvalue weighted by Gasteiger charge is 2.18. The van der Waals surface area contributed by atoms with Crippen LogP contribution in [0.2, 0.25) is 0 Å². The second kappa shape index (κ2) is 4.73. The number of nitrogens with zero attached hydrogens (tertiary/aromatic N) is 1. The highest BCUT2D eigenvalue weighted by Crippen LogP contribution is 2.33. The monoisotopic (exact) mass is 265 g/mol. The Kier molecular flexibility index (Phi) is 3.29. The summed E-state index contributed by atoms with van der Waals surface area (Å²) in [5, 5.41) is 11.4. The van der Waals surface area contributed by atoms with Crippen molar-refractivity contribution < 1.29 is 14.5 Å². The summed E-state index contributed by atoms with van der Waals surface area (Å²) < 4.78 is 5.80. The van der Waals surface area contributed by atoms with Gasteiger partial charge in [0.15, 0.2) is 0 Å². The minimum Gasteiger partial charge on any atom is -0.462 e. The third kappa shape index (κ3) is 2.06. The number of thiophene rings is 1. The molecule has 0 N–H and O–H groups in total. The van der Waals surface area contributed by atoms with Gasteiger partial charge < -0.3 is 4.74 Å². The first-order valence-electron chi connectivity index (χ1n) is 5.39. The Balaban J connectivity index is 2.56. The molecule has 0 saturated heterocycles. The van der Waals surface area contributed by atoms with Crippen LogP contribution in [0.5, 0.6) is 0 Å². The van der Waals surface area contributed by atoms with E-state index < -0.39 is 4.92 Å². The van der Waals surface area contributed by atoms with Crippen molar-refractivity contribution in [1.29, 1.82) is 0 Å². The molecule has 0 fully saturated rings. The van der Waals surface area contributed by atoms with Crippen LogP contribution in [-0.4, -0.2) is 17.5 Å². The van der Waals surface area contributed by atoms with Gasteiger partial charge in [-0.15, -0.1) is 11.3 Å². The molecule has 0 aliphatic carbocycles. The molecule has 1 aromatic heterocycles. The van der Waals surface area contributed by atoms with Crippen molar-refractivity contribution in [2.45, 2.75) is 13.8 Å². The number of hydrogen-bond acceptors (Lipinski definition) is 5. The zero-order chi connectivity index (χ0) is 13.3. The van der Waals surface area contributed by atoms with Crippen LogP contribution in [0, 0.1) is 17.0 Å². The number of benzene rings is 1. The zero-order valence-electron chi connectivity index (χ0n) is 9.93. The van der Waals surface area contributed by atoms with Gasteiger partial charge in [0.2, 0.25) is 0 Å². The molecule has 6 heteroatoms. The maximum absolute atomic E-state index is 11.7. The molecule has 2 rings (SSSR count). The smallest absolute Gasteiger partial charge is 0.348 e. The molecule has 1 aromatic carbocycles. The molecule has 2 aromatic rings. The number of carbonyl (C=O) groups excluding carboxylic acids is 1. The fraction of sp³-hybridized carbons (Fsp3) is 0.250. The van der Waals surface area contributed by atoms with E-state index in [4.69, 9.17) is 4.74 Å². The minimum absolute atomic E-state index is 0.0267. The van der Waals surface area contributed by atoms with Gasteiger partial charge >= 0.3 is 5.97 Å². The van der Waals surface area contributed by atoms with E-state index in [9.17, 15) is 14.9 Å². The fourth-order valence-corrected chi connectivity index (χ4v) is 2.80. The predicted octanol–water partition coefficient (Wildman–Crippen LogP) is 3.29. The Labute approximate surface area is 107 Å². The van der Waals surface area contributed by atoms with Crippen molar-refractivity contribution in [3.8, 4) is 0 Å². The van der Waals surface area contributed by atoms with Crippen molar-refractivity contribution in [2.24, 2.45) is 0 Å². The number of hydrogen-bond donors (Lipinski definition) is 0. The van der Waals surface area contributed by atoms with Crippen LogP contribution in [0.1, 0.15) is 22.2 Å². The average Bonchev–Trinajstić information content (AvgIpc) is 2.67. The lowest BCUT2D eigenvalue weighted by atomic mass is 10.1. The van der Waals surface area contributed by atoms with E-state index in [0.717, 1.165) is 15.6 Å². The molecular weight excluding hydrogens is 254 g/mol. The molecule has 18 heavy (non-hydrogen) atoms. The summed E-state index contributed by atoms with van der Waals surface area (Å²) in [6, 6.07) is 4.59. The van der Waals surface area contributed by atoms with Gasteiger partial charge in [0, 0.05) is 22.2 Å². The number of ether oxygens (including phenoxy) is 1. The number of nitro benzene ring substituents is 1. The van der Waals surface area contributed by atoms with Crippen LogP contribution in [0.4, 0.5) is 5.69 Å². The molecule has 0 bridgehead atoms. The maximum atomic E-state index is 11.7. The van der Waals surface area contributed by atoms with Crippen LogP contribution in [0.3, 0.4) is 0 Å². The summed E-state index contributed by atoms with van der Waals surface area (Å²) in [6.45, 7) is 3.83. The van der Waals surface area contributed by atoms with Gasteiger partial charge in [-0.1, -0.05) is 0 Å². The number of non-ortho nitro benzene ring substituents is 1. The summed E-state index contributed by atoms with van der Waals surface area (Å²) in [4.78, 5) is 22.5. The van der Waals surface area contributed by atoms with E-state index in [-0.39, 0.29) is 11.7 Å². The fourth-order valence-electron chi connectivity index (χ4n) is 1.71. The van der Waals surface area contributed by atoms with Crippen molar-refractivity contribution in [3.05, 3.63) is 38.8 Å². The Bertz CT molecular complexity index is 632. The van der Waals surface area contributed by atoms with E-state index in [0.29, 0.717) is 11.5 Å². The van der Waals surface area contributed by atoms with Crippen LogP contribution in [-0.2, 0) is 4.74 Å². The van der Waals surface area contributed by atoms with Crippen molar-refractivity contribution in [2.75, 3.05) is 6.61 Å². The molecule has 0 aliphatic rings. The molecule has 0 aliphatic heterocycles. The standard InChI is InChI=1S/C12H11NO4S/c1-3-17-12(14)11-7(2)9-6-8(13(15)16)4-5-10(9)18-11/h4-6H,3H2,1-2H3. The Morgan fingerprint density at radius 1 is 1.50 bits per heavy atom. The van der Waals surface area contributed by atoms with Gasteiger partial charge in [-0.2, -0.15) is 0 Å². The second-order valence-corrected chi connectivity index (χ2v) is 4.77. The molecule has 0 saturated carbocycles. The number of rotatable bonds is 3. The van der Waals surface area contributed by atoms with Crippen molar-refractivity contribution in [3.63, 3.8) is 0 Å². The van der Waals surface area contributed by atoms with Gasteiger partial charge in [-0.25, -0.2) is 4.79 Å². The quantitative estimate of drug-likeness (QED) is 0.485. The third-order valence-electron chi connectivity index (χ3n) is 2.59. The predicted molar refractivity (Wildman–Crippen MR) is 69.2 cm³/mol. The van der Waals surface area contributed by atoms with E-state index in [2.05, 4.69) is 0 Å². The summed E-state index contributed by atoms with van der Waals surface area (Å²) in [7, 11) is 0. The first-order chi connectivity index (χ1) is 8.54. The third-order valence-corrected chi connectivity index (χ3v) is 3.84. The number of carbonyl (C=O) groups is 1. The largest absolute Gasteiger partial charge is 0.462 e. The topological polar surface area (TPSA) is 69.4 Å². The summed E-state index contributed by atoms with van der Waals surface area (Å²) >= 11 is 1.30. The Morgan fingerprint density at radius 2 is 2.22 bits per heavy atom. The maximum Gasteiger partial charge on any atom is 0.348 e. The number of esters is 1. The molecule has 5 nitrogen and oxygen atoms in total.